The summed E-state index contributed by atoms with van der Waals surface area (Å²) in [7, 11) is 3.72. The van der Waals surface area contributed by atoms with E-state index in [-0.39, 0.29) is 6.10 Å². The van der Waals surface area contributed by atoms with Crippen LogP contribution in [0.2, 0.25) is 0 Å². The fourth-order valence-electron chi connectivity index (χ4n) is 1.04. The molecule has 3 nitrogen and oxygen atoms in total. The molecular weight excluding hydrogens is 166 g/mol. The Bertz CT molecular complexity index is 176. The minimum atomic E-state index is 0.112. The van der Waals surface area contributed by atoms with Crippen molar-refractivity contribution in [3.05, 3.63) is 12.0 Å². The molecule has 0 spiro atoms. The first-order chi connectivity index (χ1) is 6.10. The van der Waals surface area contributed by atoms with Gasteiger partial charge in [0.15, 0.2) is 12.0 Å². The molecule has 1 unspecified atom stereocenters. The third-order valence-electron chi connectivity index (χ3n) is 1.53. The van der Waals surface area contributed by atoms with E-state index >= 15 is 0 Å². The second-order valence-electron chi connectivity index (χ2n) is 3.33. The quantitative estimate of drug-likeness (QED) is 0.359. The lowest BCUT2D eigenvalue weighted by molar-refractivity contribution is -0.108. The standard InChI is InChI=1S/C10H19NO2/c1-5-6-9(2)13-10(8-12)7-11(3)4/h7-9H,5-6H2,1-4H3/b10-7+. The van der Waals surface area contributed by atoms with E-state index in [2.05, 4.69) is 6.92 Å². The zero-order valence-corrected chi connectivity index (χ0v) is 8.91. The summed E-state index contributed by atoms with van der Waals surface area (Å²) in [6, 6.07) is 0. The molecule has 0 aliphatic heterocycles. The van der Waals surface area contributed by atoms with Crippen molar-refractivity contribution in [3.8, 4) is 0 Å². The van der Waals surface area contributed by atoms with Gasteiger partial charge in [-0.3, -0.25) is 4.79 Å². The molecule has 0 aromatic carbocycles. The predicted molar refractivity (Wildman–Crippen MR) is 53.3 cm³/mol. The molecule has 0 rings (SSSR count). The van der Waals surface area contributed by atoms with E-state index in [1.807, 2.05) is 21.0 Å². The van der Waals surface area contributed by atoms with E-state index in [1.165, 1.54) is 0 Å². The van der Waals surface area contributed by atoms with Crippen LogP contribution in [0, 0.1) is 0 Å². The molecular formula is C10H19NO2. The molecule has 0 saturated heterocycles. The summed E-state index contributed by atoms with van der Waals surface area (Å²) in [5.41, 5.74) is 0. The maximum absolute atomic E-state index is 10.6. The first-order valence-corrected chi connectivity index (χ1v) is 4.60. The van der Waals surface area contributed by atoms with Gasteiger partial charge in [0, 0.05) is 20.3 Å². The van der Waals surface area contributed by atoms with Crippen molar-refractivity contribution in [3.63, 3.8) is 0 Å². The number of hydrogen-bond acceptors (Lipinski definition) is 3. The molecule has 0 aliphatic carbocycles. The van der Waals surface area contributed by atoms with Crippen molar-refractivity contribution in [1.82, 2.24) is 4.90 Å². The van der Waals surface area contributed by atoms with E-state index in [4.69, 9.17) is 4.74 Å². The number of hydrogen-bond donors (Lipinski definition) is 0. The third-order valence-corrected chi connectivity index (χ3v) is 1.53. The van der Waals surface area contributed by atoms with Gasteiger partial charge >= 0.3 is 0 Å². The highest BCUT2D eigenvalue weighted by Crippen LogP contribution is 2.06. The summed E-state index contributed by atoms with van der Waals surface area (Å²) >= 11 is 0. The van der Waals surface area contributed by atoms with Crippen LogP contribution < -0.4 is 0 Å². The van der Waals surface area contributed by atoms with E-state index in [0.717, 1.165) is 19.1 Å². The van der Waals surface area contributed by atoms with Gasteiger partial charge in [-0.05, 0) is 13.3 Å². The third kappa shape index (κ3) is 6.20. The summed E-state index contributed by atoms with van der Waals surface area (Å²) in [5, 5.41) is 0. The molecule has 1 atom stereocenters. The van der Waals surface area contributed by atoms with Gasteiger partial charge in [0.25, 0.3) is 0 Å². The van der Waals surface area contributed by atoms with Crippen LogP contribution in [0.1, 0.15) is 26.7 Å². The molecule has 0 bridgehead atoms. The lowest BCUT2D eigenvalue weighted by Crippen LogP contribution is -2.11. The molecule has 0 amide bonds. The van der Waals surface area contributed by atoms with Crippen molar-refractivity contribution in [2.45, 2.75) is 32.8 Å². The van der Waals surface area contributed by atoms with Gasteiger partial charge in [0.1, 0.15) is 0 Å². The molecule has 0 aromatic heterocycles. The van der Waals surface area contributed by atoms with Gasteiger partial charge in [-0.25, -0.2) is 0 Å². The van der Waals surface area contributed by atoms with Crippen LogP contribution in [0.4, 0.5) is 0 Å². The van der Waals surface area contributed by atoms with E-state index in [1.54, 1.807) is 11.1 Å². The topological polar surface area (TPSA) is 29.5 Å². The Morgan fingerprint density at radius 2 is 2.15 bits per heavy atom. The van der Waals surface area contributed by atoms with Crippen LogP contribution >= 0.6 is 0 Å². The summed E-state index contributed by atoms with van der Waals surface area (Å²) in [4.78, 5) is 12.4. The number of aldehydes is 1. The molecule has 13 heavy (non-hydrogen) atoms. The van der Waals surface area contributed by atoms with Crippen molar-refractivity contribution >= 4 is 6.29 Å². The normalized spacial score (nSPS) is 13.7. The van der Waals surface area contributed by atoms with Crippen LogP contribution in [0.5, 0.6) is 0 Å². The van der Waals surface area contributed by atoms with Crippen LogP contribution in [0.3, 0.4) is 0 Å². The number of nitrogens with zero attached hydrogens (tertiary/aromatic N) is 1. The first-order valence-electron chi connectivity index (χ1n) is 4.60. The van der Waals surface area contributed by atoms with E-state index < -0.39 is 0 Å². The second kappa shape index (κ2) is 6.52. The molecule has 0 radical (unpaired) electrons. The molecule has 0 saturated carbocycles. The summed E-state index contributed by atoms with van der Waals surface area (Å²) in [5.74, 6) is 0.394. The van der Waals surface area contributed by atoms with Gasteiger partial charge in [-0.2, -0.15) is 0 Å². The Labute approximate surface area is 80.4 Å². The molecule has 0 aliphatic rings. The molecule has 0 fully saturated rings. The maximum Gasteiger partial charge on any atom is 0.186 e. The highest BCUT2D eigenvalue weighted by Gasteiger charge is 2.04. The van der Waals surface area contributed by atoms with E-state index in [9.17, 15) is 4.79 Å². The highest BCUT2D eigenvalue weighted by molar-refractivity contribution is 5.69. The van der Waals surface area contributed by atoms with Gasteiger partial charge in [-0.1, -0.05) is 13.3 Å². The number of carbonyl (C=O) groups is 1. The fraction of sp³-hybridized carbons (Fsp3) is 0.700. The van der Waals surface area contributed by atoms with E-state index in [0.29, 0.717) is 5.76 Å². The smallest absolute Gasteiger partial charge is 0.186 e. The SMILES string of the molecule is CCCC(C)O/C(C=O)=C/N(C)C. The predicted octanol–water partition coefficient (Wildman–Crippen LogP) is 1.79. The van der Waals surface area contributed by atoms with Crippen molar-refractivity contribution in [2.75, 3.05) is 14.1 Å². The zero-order valence-electron chi connectivity index (χ0n) is 8.91. The lowest BCUT2D eigenvalue weighted by atomic mass is 10.2. The average Bonchev–Trinajstić information content (AvgIpc) is 2.02. The summed E-state index contributed by atoms with van der Waals surface area (Å²) < 4.78 is 5.40. The Kier molecular flexibility index (Phi) is 6.02. The summed E-state index contributed by atoms with van der Waals surface area (Å²) in [6.07, 6.45) is 4.57. The Morgan fingerprint density at radius 3 is 2.54 bits per heavy atom. The van der Waals surface area contributed by atoms with Gasteiger partial charge in [0.05, 0.1) is 6.10 Å². The van der Waals surface area contributed by atoms with Crippen LogP contribution in [-0.2, 0) is 9.53 Å². The number of ether oxygens (including phenoxy) is 1. The van der Waals surface area contributed by atoms with Crippen LogP contribution in [0.15, 0.2) is 12.0 Å². The van der Waals surface area contributed by atoms with Crippen molar-refractivity contribution < 1.29 is 9.53 Å². The van der Waals surface area contributed by atoms with Crippen LogP contribution in [-0.4, -0.2) is 31.4 Å². The Balaban J connectivity index is 4.04. The zero-order chi connectivity index (χ0) is 10.3. The van der Waals surface area contributed by atoms with Crippen molar-refractivity contribution in [1.29, 1.82) is 0 Å². The minimum absolute atomic E-state index is 0.112. The first kappa shape index (κ1) is 12.0. The lowest BCUT2D eigenvalue weighted by Gasteiger charge is -2.14. The largest absolute Gasteiger partial charge is 0.486 e. The summed E-state index contributed by atoms with van der Waals surface area (Å²) in [6.45, 7) is 4.06. The highest BCUT2D eigenvalue weighted by atomic mass is 16.5. The van der Waals surface area contributed by atoms with Gasteiger partial charge in [-0.15, -0.1) is 0 Å². The molecule has 76 valence electrons. The molecule has 0 N–H and O–H groups in total. The fourth-order valence-corrected chi connectivity index (χ4v) is 1.04. The molecule has 3 heteroatoms. The van der Waals surface area contributed by atoms with Crippen molar-refractivity contribution in [2.24, 2.45) is 0 Å². The number of allylic oxidation sites excluding steroid dienone is 1. The van der Waals surface area contributed by atoms with Gasteiger partial charge < -0.3 is 9.64 Å². The van der Waals surface area contributed by atoms with Gasteiger partial charge in [0.2, 0.25) is 0 Å². The maximum atomic E-state index is 10.6. The number of carbonyl (C=O) groups excluding carboxylic acids is 1. The Hall–Kier alpha value is -0.990. The minimum Gasteiger partial charge on any atom is -0.486 e. The monoisotopic (exact) mass is 185 g/mol. The second-order valence-corrected chi connectivity index (χ2v) is 3.33. The molecule has 0 aromatic rings. The molecule has 0 heterocycles. The Morgan fingerprint density at radius 1 is 1.54 bits per heavy atom. The number of rotatable bonds is 6. The average molecular weight is 185 g/mol. The van der Waals surface area contributed by atoms with Crippen LogP contribution in [0.25, 0.3) is 0 Å².